The summed E-state index contributed by atoms with van der Waals surface area (Å²) in [4.78, 5) is 10.4. The molecule has 0 N–H and O–H groups in total. The summed E-state index contributed by atoms with van der Waals surface area (Å²) in [7, 11) is 0. The van der Waals surface area contributed by atoms with Crippen LogP contribution in [-0.2, 0) is 5.88 Å². The molecule has 2 rings (SSSR count). The molecular weight excluding hydrogens is 353 g/mol. The predicted octanol–water partition coefficient (Wildman–Crippen LogP) is 5.03. The van der Waals surface area contributed by atoms with Gasteiger partial charge in [0.1, 0.15) is 0 Å². The molecule has 0 saturated carbocycles. The monoisotopic (exact) mass is 359 g/mol. The Balaban J connectivity index is 2.42. The van der Waals surface area contributed by atoms with Crippen LogP contribution in [0.25, 0.3) is 0 Å². The molecular formula is C13H8BrClFNO3. The maximum absolute atomic E-state index is 13.6. The molecule has 0 amide bonds. The quantitative estimate of drug-likeness (QED) is 0.436. The molecule has 4 nitrogen and oxygen atoms in total. The Labute approximate surface area is 127 Å². The molecule has 0 aliphatic carbocycles. The highest BCUT2D eigenvalue weighted by molar-refractivity contribution is 9.10. The molecule has 0 unspecified atom stereocenters. The number of nitro benzene ring substituents is 1. The zero-order valence-corrected chi connectivity index (χ0v) is 12.3. The molecule has 0 bridgehead atoms. The first-order valence-electron chi connectivity index (χ1n) is 5.47. The molecule has 2 aromatic rings. The van der Waals surface area contributed by atoms with Crippen molar-refractivity contribution in [3.05, 3.63) is 62.4 Å². The molecule has 0 radical (unpaired) electrons. The van der Waals surface area contributed by atoms with Gasteiger partial charge in [0.25, 0.3) is 0 Å². The van der Waals surface area contributed by atoms with Crippen molar-refractivity contribution >= 4 is 33.2 Å². The molecule has 0 aliphatic heterocycles. The first-order valence-corrected chi connectivity index (χ1v) is 6.80. The first kappa shape index (κ1) is 14.7. The zero-order valence-electron chi connectivity index (χ0n) is 9.98. The van der Waals surface area contributed by atoms with Gasteiger partial charge in [-0.2, -0.15) is 0 Å². The van der Waals surface area contributed by atoms with Crippen molar-refractivity contribution in [3.8, 4) is 11.5 Å². The number of hydrogen-bond acceptors (Lipinski definition) is 3. The van der Waals surface area contributed by atoms with Gasteiger partial charge in [-0.1, -0.05) is 22.0 Å². The van der Waals surface area contributed by atoms with E-state index >= 15 is 0 Å². The summed E-state index contributed by atoms with van der Waals surface area (Å²) in [5, 5.41) is 11.0. The molecule has 7 heteroatoms. The molecule has 0 aromatic heterocycles. The highest BCUT2D eigenvalue weighted by Gasteiger charge is 2.18. The Hall–Kier alpha value is -1.66. The summed E-state index contributed by atoms with van der Waals surface area (Å²) in [5.41, 5.74) is 0.322. The molecule has 0 aliphatic rings. The van der Waals surface area contributed by atoms with E-state index in [0.29, 0.717) is 10.0 Å². The second-order valence-corrected chi connectivity index (χ2v) is 5.05. The number of halogens is 3. The van der Waals surface area contributed by atoms with Crippen LogP contribution in [0.1, 0.15) is 5.56 Å². The van der Waals surface area contributed by atoms with Gasteiger partial charge >= 0.3 is 5.69 Å². The fourth-order valence-electron chi connectivity index (χ4n) is 1.55. The van der Waals surface area contributed by atoms with Gasteiger partial charge in [0.15, 0.2) is 11.6 Å². The van der Waals surface area contributed by atoms with Crippen LogP contribution in [0.2, 0.25) is 0 Å². The van der Waals surface area contributed by atoms with E-state index in [9.17, 15) is 14.5 Å². The van der Waals surface area contributed by atoms with Crippen LogP contribution in [0, 0.1) is 15.9 Å². The number of ether oxygens (including phenoxy) is 1. The van der Waals surface area contributed by atoms with Crippen LogP contribution in [0.4, 0.5) is 10.1 Å². The van der Waals surface area contributed by atoms with E-state index in [-0.39, 0.29) is 23.1 Å². The van der Waals surface area contributed by atoms with E-state index in [2.05, 4.69) is 15.9 Å². The molecule has 0 heterocycles. The van der Waals surface area contributed by atoms with Crippen LogP contribution in [-0.4, -0.2) is 4.92 Å². The number of nitrogens with zero attached hydrogens (tertiary/aromatic N) is 1. The Morgan fingerprint density at radius 2 is 2.00 bits per heavy atom. The minimum atomic E-state index is -0.607. The maximum Gasteiger partial charge on any atom is 0.311 e. The summed E-state index contributed by atoms with van der Waals surface area (Å²) in [6.45, 7) is 0. The highest BCUT2D eigenvalue weighted by Crippen LogP contribution is 2.34. The fourth-order valence-corrected chi connectivity index (χ4v) is 2.06. The minimum absolute atomic E-state index is 0.0409. The van der Waals surface area contributed by atoms with E-state index in [4.69, 9.17) is 16.3 Å². The molecule has 104 valence electrons. The summed E-state index contributed by atoms with van der Waals surface area (Å²) < 4.78 is 19.5. The van der Waals surface area contributed by atoms with Gasteiger partial charge in [-0.15, -0.1) is 11.6 Å². The summed E-state index contributed by atoms with van der Waals surface area (Å²) in [6.07, 6.45) is 0. The summed E-state index contributed by atoms with van der Waals surface area (Å²) in [6, 6.07) is 8.40. The van der Waals surface area contributed by atoms with Crippen molar-refractivity contribution in [1.82, 2.24) is 0 Å². The van der Waals surface area contributed by atoms with Gasteiger partial charge in [0, 0.05) is 16.4 Å². The largest absolute Gasteiger partial charge is 0.447 e. The number of rotatable bonds is 4. The fraction of sp³-hybridized carbons (Fsp3) is 0.0769. The van der Waals surface area contributed by atoms with Crippen LogP contribution in [0.5, 0.6) is 11.5 Å². The molecule has 0 saturated heterocycles. The van der Waals surface area contributed by atoms with Gasteiger partial charge in [0.05, 0.1) is 4.92 Å². The lowest BCUT2D eigenvalue weighted by Crippen LogP contribution is -1.96. The van der Waals surface area contributed by atoms with Crippen molar-refractivity contribution in [2.75, 3.05) is 0 Å². The maximum atomic E-state index is 13.6. The van der Waals surface area contributed by atoms with Crippen LogP contribution >= 0.6 is 27.5 Å². The lowest BCUT2D eigenvalue weighted by atomic mass is 10.2. The van der Waals surface area contributed by atoms with E-state index in [1.807, 2.05) is 0 Å². The second-order valence-electron chi connectivity index (χ2n) is 3.87. The highest BCUT2D eigenvalue weighted by atomic mass is 79.9. The number of hydrogen-bond donors (Lipinski definition) is 0. The van der Waals surface area contributed by atoms with Gasteiger partial charge in [-0.05, 0) is 29.8 Å². The molecule has 2 aromatic carbocycles. The SMILES string of the molecule is O=[N+]([O-])c1cc(CCl)ccc1Oc1cc(Br)ccc1F. The smallest absolute Gasteiger partial charge is 0.311 e. The standard InChI is InChI=1S/C13H8BrClFNO3/c14-9-2-3-10(16)13(6-9)20-12-4-1-8(7-15)5-11(12)17(18)19/h1-6H,7H2. The van der Waals surface area contributed by atoms with Crippen molar-refractivity contribution in [2.24, 2.45) is 0 Å². The van der Waals surface area contributed by atoms with Gasteiger partial charge in [-0.3, -0.25) is 10.1 Å². The third-order valence-electron chi connectivity index (χ3n) is 2.49. The van der Waals surface area contributed by atoms with Crippen molar-refractivity contribution in [3.63, 3.8) is 0 Å². The number of alkyl halides is 1. The number of benzene rings is 2. The van der Waals surface area contributed by atoms with E-state index in [1.165, 1.54) is 30.3 Å². The van der Waals surface area contributed by atoms with Gasteiger partial charge in [0.2, 0.25) is 5.75 Å². The Bertz CT molecular complexity index is 666. The van der Waals surface area contributed by atoms with E-state index in [1.54, 1.807) is 6.07 Å². The second kappa shape index (κ2) is 6.19. The average Bonchev–Trinajstić information content (AvgIpc) is 2.43. The zero-order chi connectivity index (χ0) is 14.7. The van der Waals surface area contributed by atoms with Crippen molar-refractivity contribution in [1.29, 1.82) is 0 Å². The molecule has 20 heavy (non-hydrogen) atoms. The third kappa shape index (κ3) is 3.26. The predicted molar refractivity (Wildman–Crippen MR) is 76.8 cm³/mol. The Kier molecular flexibility index (Phi) is 4.57. The topological polar surface area (TPSA) is 52.4 Å². The number of nitro groups is 1. The van der Waals surface area contributed by atoms with E-state index in [0.717, 1.165) is 0 Å². The Morgan fingerprint density at radius 1 is 1.25 bits per heavy atom. The normalized spacial score (nSPS) is 10.3. The third-order valence-corrected chi connectivity index (χ3v) is 3.29. The lowest BCUT2D eigenvalue weighted by molar-refractivity contribution is -0.385. The molecule has 0 fully saturated rings. The van der Waals surface area contributed by atoms with Crippen molar-refractivity contribution in [2.45, 2.75) is 5.88 Å². The first-order chi connectivity index (χ1) is 9.51. The van der Waals surface area contributed by atoms with Crippen LogP contribution < -0.4 is 4.74 Å². The summed E-state index contributed by atoms with van der Waals surface area (Å²) >= 11 is 8.81. The molecule has 0 spiro atoms. The Morgan fingerprint density at radius 3 is 2.65 bits per heavy atom. The van der Waals surface area contributed by atoms with E-state index < -0.39 is 10.7 Å². The van der Waals surface area contributed by atoms with Gasteiger partial charge < -0.3 is 4.74 Å². The van der Waals surface area contributed by atoms with Crippen LogP contribution in [0.15, 0.2) is 40.9 Å². The summed E-state index contributed by atoms with van der Waals surface area (Å²) in [5.74, 6) is -0.599. The average molecular weight is 361 g/mol. The molecule has 0 atom stereocenters. The minimum Gasteiger partial charge on any atom is -0.447 e. The lowest BCUT2D eigenvalue weighted by Gasteiger charge is -2.08. The van der Waals surface area contributed by atoms with Gasteiger partial charge in [-0.25, -0.2) is 4.39 Å². The van der Waals surface area contributed by atoms with Crippen molar-refractivity contribution < 1.29 is 14.1 Å². The van der Waals surface area contributed by atoms with Crippen LogP contribution in [0.3, 0.4) is 0 Å².